The molecule has 0 aliphatic carbocycles. The Bertz CT molecular complexity index is 990. The minimum Gasteiger partial charge on any atom is -0.464 e. The van der Waals surface area contributed by atoms with Gasteiger partial charge in [-0.05, 0) is 43.1 Å². The highest BCUT2D eigenvalue weighted by molar-refractivity contribution is 6.29. The van der Waals surface area contributed by atoms with Gasteiger partial charge < -0.3 is 14.8 Å². The molecule has 10 heteroatoms. The summed E-state index contributed by atoms with van der Waals surface area (Å²) in [7, 11) is 2.88. The third kappa shape index (κ3) is 3.99. The second kappa shape index (κ2) is 7.85. The number of aromatic nitrogens is 5. The quantitative estimate of drug-likeness (QED) is 0.506. The van der Waals surface area contributed by atoms with Gasteiger partial charge in [-0.15, -0.1) is 0 Å². The van der Waals surface area contributed by atoms with Crippen molar-refractivity contribution in [1.82, 2.24) is 24.7 Å². The molecule has 0 fully saturated rings. The van der Waals surface area contributed by atoms with Crippen molar-refractivity contribution in [3.8, 4) is 0 Å². The summed E-state index contributed by atoms with van der Waals surface area (Å²) in [6, 6.07) is 3.75. The van der Waals surface area contributed by atoms with Crippen LogP contribution in [0.25, 0.3) is 11.0 Å². The summed E-state index contributed by atoms with van der Waals surface area (Å²) in [4.78, 5) is 24.9. The third-order valence-electron chi connectivity index (χ3n) is 3.93. The van der Waals surface area contributed by atoms with Gasteiger partial charge in [0, 0.05) is 13.3 Å². The van der Waals surface area contributed by atoms with Gasteiger partial charge in [0.05, 0.1) is 19.8 Å². The van der Waals surface area contributed by atoms with E-state index in [2.05, 4.69) is 25.4 Å². The molecule has 0 aliphatic heterocycles. The molecule has 1 atom stereocenters. The maximum absolute atomic E-state index is 12.2. The van der Waals surface area contributed by atoms with Crippen molar-refractivity contribution < 1.29 is 14.3 Å². The summed E-state index contributed by atoms with van der Waals surface area (Å²) in [5.41, 5.74) is 1.88. The van der Waals surface area contributed by atoms with Crippen LogP contribution in [0.2, 0.25) is 5.28 Å². The van der Waals surface area contributed by atoms with Crippen molar-refractivity contribution in [3.63, 3.8) is 0 Å². The minimum atomic E-state index is -0.613. The van der Waals surface area contributed by atoms with Crippen LogP contribution in [0.15, 0.2) is 18.3 Å². The van der Waals surface area contributed by atoms with E-state index in [9.17, 15) is 4.79 Å². The molecule has 0 aromatic carbocycles. The van der Waals surface area contributed by atoms with Crippen LogP contribution in [0, 0.1) is 6.92 Å². The molecule has 1 N–H and O–H groups in total. The first-order chi connectivity index (χ1) is 12.9. The number of halogens is 1. The van der Waals surface area contributed by atoms with E-state index in [1.807, 2.05) is 26.0 Å². The minimum absolute atomic E-state index is 0.0258. The number of carbonyl (C=O) groups is 1. The molecule has 3 rings (SSSR count). The Morgan fingerprint density at radius 3 is 2.81 bits per heavy atom. The summed E-state index contributed by atoms with van der Waals surface area (Å²) < 4.78 is 11.7. The van der Waals surface area contributed by atoms with Gasteiger partial charge in [-0.3, -0.25) is 4.68 Å². The Morgan fingerprint density at radius 2 is 2.15 bits per heavy atom. The smallest absolute Gasteiger partial charge is 0.360 e. The van der Waals surface area contributed by atoms with E-state index in [4.69, 9.17) is 21.1 Å². The summed E-state index contributed by atoms with van der Waals surface area (Å²) in [5, 5.41) is 7.45. The number of methoxy groups -OCH3 is 2. The number of fused-ring (bicyclic) bond motifs is 1. The second-order valence-electron chi connectivity index (χ2n) is 5.95. The third-order valence-corrected chi connectivity index (χ3v) is 4.10. The van der Waals surface area contributed by atoms with Crippen molar-refractivity contribution in [3.05, 3.63) is 34.9 Å². The first-order valence-electron chi connectivity index (χ1n) is 8.17. The van der Waals surface area contributed by atoms with Crippen molar-refractivity contribution in [2.24, 2.45) is 0 Å². The fraction of sp³-hybridized carbons (Fsp3) is 0.353. The summed E-state index contributed by atoms with van der Waals surface area (Å²) >= 11 is 6.09. The van der Waals surface area contributed by atoms with Crippen LogP contribution in [0.4, 0.5) is 11.6 Å². The largest absolute Gasteiger partial charge is 0.464 e. The summed E-state index contributed by atoms with van der Waals surface area (Å²) in [6.07, 6.45) is 1.53. The lowest BCUT2D eigenvalue weighted by Crippen LogP contribution is -2.17. The molecular weight excluding hydrogens is 372 g/mol. The molecule has 3 aromatic heterocycles. The fourth-order valence-corrected chi connectivity index (χ4v) is 2.72. The molecule has 0 aliphatic rings. The zero-order valence-corrected chi connectivity index (χ0v) is 16.1. The lowest BCUT2D eigenvalue weighted by atomic mass is 10.3. The van der Waals surface area contributed by atoms with Gasteiger partial charge in [-0.25, -0.2) is 14.8 Å². The standard InChI is InChI=1S/C17H19ClN6O3/c1-9-5-6-19-11(7-9)20-15-14-12(21-17(18)22-15)13(16(25)27-4)23-24(14)8-10(2)26-3/h5-7,10H,8H2,1-4H3,(H,19,20,21,22)/t10-/m0/s1. The van der Waals surface area contributed by atoms with Gasteiger partial charge in [0.2, 0.25) is 5.28 Å². The van der Waals surface area contributed by atoms with Crippen LogP contribution < -0.4 is 5.32 Å². The van der Waals surface area contributed by atoms with E-state index in [-0.39, 0.29) is 17.1 Å². The first-order valence-corrected chi connectivity index (χ1v) is 8.55. The molecule has 0 spiro atoms. The Labute approximate surface area is 160 Å². The maximum Gasteiger partial charge on any atom is 0.360 e. The van der Waals surface area contributed by atoms with E-state index >= 15 is 0 Å². The molecule has 3 heterocycles. The summed E-state index contributed by atoms with van der Waals surface area (Å²) in [5.74, 6) is 0.352. The highest BCUT2D eigenvalue weighted by atomic mass is 35.5. The number of ether oxygens (including phenoxy) is 2. The topological polar surface area (TPSA) is 104 Å². The van der Waals surface area contributed by atoms with E-state index in [1.165, 1.54) is 7.11 Å². The maximum atomic E-state index is 12.2. The van der Waals surface area contributed by atoms with Crippen molar-refractivity contribution in [2.75, 3.05) is 19.5 Å². The number of esters is 1. The molecule has 0 saturated heterocycles. The highest BCUT2D eigenvalue weighted by Crippen LogP contribution is 2.28. The predicted octanol–water partition coefficient (Wildman–Crippen LogP) is 2.75. The second-order valence-corrected chi connectivity index (χ2v) is 6.29. The number of rotatable bonds is 6. The molecule has 142 valence electrons. The van der Waals surface area contributed by atoms with E-state index < -0.39 is 5.97 Å². The Morgan fingerprint density at radius 1 is 1.37 bits per heavy atom. The van der Waals surface area contributed by atoms with E-state index in [1.54, 1.807) is 18.0 Å². The molecule has 3 aromatic rings. The van der Waals surface area contributed by atoms with Crippen molar-refractivity contribution >= 4 is 40.2 Å². The number of anilines is 2. The van der Waals surface area contributed by atoms with Crippen LogP contribution in [-0.2, 0) is 16.0 Å². The Hall–Kier alpha value is -2.78. The lowest BCUT2D eigenvalue weighted by Gasteiger charge is -2.12. The lowest BCUT2D eigenvalue weighted by molar-refractivity contribution is 0.0592. The fourth-order valence-electron chi connectivity index (χ4n) is 2.55. The molecule has 27 heavy (non-hydrogen) atoms. The molecular formula is C17H19ClN6O3. The van der Waals surface area contributed by atoms with Crippen LogP contribution in [0.1, 0.15) is 23.0 Å². The number of nitrogens with one attached hydrogen (secondary N) is 1. The van der Waals surface area contributed by atoms with Gasteiger partial charge in [0.15, 0.2) is 11.5 Å². The molecule has 0 radical (unpaired) electrons. The first kappa shape index (κ1) is 19.0. The molecule has 0 amide bonds. The van der Waals surface area contributed by atoms with Crippen molar-refractivity contribution in [2.45, 2.75) is 26.5 Å². The van der Waals surface area contributed by atoms with Gasteiger partial charge >= 0.3 is 5.97 Å². The van der Waals surface area contributed by atoms with Crippen LogP contribution >= 0.6 is 11.6 Å². The van der Waals surface area contributed by atoms with Gasteiger partial charge in [-0.2, -0.15) is 10.1 Å². The average molecular weight is 391 g/mol. The van der Waals surface area contributed by atoms with Gasteiger partial charge in [0.1, 0.15) is 16.9 Å². The normalized spacial score (nSPS) is 12.2. The number of hydrogen-bond donors (Lipinski definition) is 1. The van der Waals surface area contributed by atoms with Gasteiger partial charge in [-0.1, -0.05) is 0 Å². The molecule has 0 unspecified atom stereocenters. The zero-order chi connectivity index (χ0) is 19.6. The van der Waals surface area contributed by atoms with Crippen molar-refractivity contribution in [1.29, 1.82) is 0 Å². The zero-order valence-electron chi connectivity index (χ0n) is 15.4. The van der Waals surface area contributed by atoms with Gasteiger partial charge in [0.25, 0.3) is 0 Å². The number of nitrogens with zero attached hydrogens (tertiary/aromatic N) is 5. The van der Waals surface area contributed by atoms with Crippen LogP contribution in [0.3, 0.4) is 0 Å². The highest BCUT2D eigenvalue weighted by Gasteiger charge is 2.24. The van der Waals surface area contributed by atoms with E-state index in [0.717, 1.165) is 5.56 Å². The Balaban J connectivity index is 2.19. The van der Waals surface area contributed by atoms with Crippen LogP contribution in [0.5, 0.6) is 0 Å². The number of pyridine rings is 1. The number of aryl methyl sites for hydroxylation is 1. The average Bonchev–Trinajstić information content (AvgIpc) is 2.99. The SMILES string of the molecule is COC(=O)c1nn(C[C@H](C)OC)c2c(Nc3cc(C)ccn3)nc(Cl)nc12. The summed E-state index contributed by atoms with van der Waals surface area (Å²) in [6.45, 7) is 4.22. The number of hydrogen-bond acceptors (Lipinski definition) is 8. The number of carbonyl (C=O) groups excluding carboxylic acids is 1. The van der Waals surface area contributed by atoms with E-state index in [0.29, 0.717) is 29.2 Å². The van der Waals surface area contributed by atoms with Crippen LogP contribution in [-0.4, -0.2) is 51.0 Å². The Kier molecular flexibility index (Phi) is 5.52. The molecule has 9 nitrogen and oxygen atoms in total. The molecule has 0 saturated carbocycles. The predicted molar refractivity (Wildman–Crippen MR) is 100 cm³/mol. The monoisotopic (exact) mass is 390 g/mol. The molecule has 0 bridgehead atoms.